The highest BCUT2D eigenvalue weighted by Gasteiger charge is 2.03. The third kappa shape index (κ3) is 5.32. The summed E-state index contributed by atoms with van der Waals surface area (Å²) in [6.45, 7) is 5.82. The Hall–Kier alpha value is -1.35. The molecule has 0 unspecified atom stereocenters. The van der Waals surface area contributed by atoms with E-state index in [-0.39, 0.29) is 5.91 Å². The number of amides is 1. The molecule has 0 aliphatic carbocycles. The third-order valence-corrected chi connectivity index (χ3v) is 3.09. The van der Waals surface area contributed by atoms with Gasteiger partial charge in [-0.25, -0.2) is 0 Å². The summed E-state index contributed by atoms with van der Waals surface area (Å²) < 4.78 is 0. The maximum absolute atomic E-state index is 11.6. The Bertz CT molecular complexity index is 399. The molecule has 0 saturated heterocycles. The van der Waals surface area contributed by atoms with Crippen molar-refractivity contribution in [2.24, 2.45) is 0 Å². The van der Waals surface area contributed by atoms with Crippen LogP contribution in [0.4, 0.5) is 0 Å². The zero-order chi connectivity index (χ0) is 13.5. The largest absolute Gasteiger partial charge is 0.355 e. The first-order valence-corrected chi connectivity index (χ1v) is 6.46. The summed E-state index contributed by atoms with van der Waals surface area (Å²) in [6, 6.07) is 6.40. The second-order valence-corrected chi connectivity index (χ2v) is 5.07. The molecule has 1 aromatic rings. The number of nitrogens with one attached hydrogen (secondary N) is 1. The predicted molar refractivity (Wildman–Crippen MR) is 75.8 cm³/mol. The number of benzene rings is 1. The molecule has 1 rings (SSSR count). The molecule has 1 N–H and O–H groups in total. The molecular formula is C15H24N2O. The van der Waals surface area contributed by atoms with Crippen molar-refractivity contribution >= 4 is 5.91 Å². The minimum Gasteiger partial charge on any atom is -0.355 e. The van der Waals surface area contributed by atoms with E-state index in [0.29, 0.717) is 6.42 Å². The number of nitrogens with zero attached hydrogens (tertiary/aromatic N) is 1. The van der Waals surface area contributed by atoms with E-state index in [1.54, 1.807) is 0 Å². The second-order valence-electron chi connectivity index (χ2n) is 5.07. The molecule has 0 bridgehead atoms. The topological polar surface area (TPSA) is 32.3 Å². The Morgan fingerprint density at radius 3 is 2.56 bits per heavy atom. The maximum Gasteiger partial charge on any atom is 0.220 e. The van der Waals surface area contributed by atoms with Gasteiger partial charge in [0.15, 0.2) is 0 Å². The monoisotopic (exact) mass is 248 g/mol. The van der Waals surface area contributed by atoms with Crippen LogP contribution in [0.25, 0.3) is 0 Å². The summed E-state index contributed by atoms with van der Waals surface area (Å²) in [5.41, 5.74) is 3.83. The lowest BCUT2D eigenvalue weighted by molar-refractivity contribution is -0.121. The van der Waals surface area contributed by atoms with Gasteiger partial charge in [0, 0.05) is 19.5 Å². The van der Waals surface area contributed by atoms with Crippen LogP contribution >= 0.6 is 0 Å². The van der Waals surface area contributed by atoms with Crippen LogP contribution in [0.1, 0.15) is 23.1 Å². The van der Waals surface area contributed by atoms with Gasteiger partial charge >= 0.3 is 0 Å². The average Bonchev–Trinajstić information content (AvgIpc) is 2.30. The van der Waals surface area contributed by atoms with Gasteiger partial charge in [0.1, 0.15) is 0 Å². The minimum absolute atomic E-state index is 0.134. The van der Waals surface area contributed by atoms with E-state index in [0.717, 1.165) is 19.5 Å². The Balaban J connectivity index is 2.31. The van der Waals surface area contributed by atoms with Crippen molar-refractivity contribution in [3.8, 4) is 0 Å². The number of rotatable bonds is 6. The van der Waals surface area contributed by atoms with E-state index in [1.165, 1.54) is 16.7 Å². The van der Waals surface area contributed by atoms with Crippen LogP contribution in [0.15, 0.2) is 18.2 Å². The Kier molecular flexibility index (Phi) is 5.86. The molecule has 3 heteroatoms. The van der Waals surface area contributed by atoms with E-state index in [4.69, 9.17) is 0 Å². The molecule has 0 spiro atoms. The normalized spacial score (nSPS) is 10.7. The van der Waals surface area contributed by atoms with Crippen LogP contribution in [0, 0.1) is 13.8 Å². The molecule has 1 amide bonds. The standard InChI is InChI=1S/C15H24N2O/c1-12-5-6-14(11-13(12)2)7-8-15(18)16-9-10-17(3)4/h5-6,11H,7-10H2,1-4H3,(H,16,18). The maximum atomic E-state index is 11.6. The number of hydrogen-bond donors (Lipinski definition) is 1. The summed E-state index contributed by atoms with van der Waals surface area (Å²) in [5, 5.41) is 2.93. The van der Waals surface area contributed by atoms with Crippen LogP contribution in [0.5, 0.6) is 0 Å². The number of carbonyl (C=O) groups is 1. The highest BCUT2D eigenvalue weighted by molar-refractivity contribution is 5.76. The van der Waals surface area contributed by atoms with Gasteiger partial charge in [0.2, 0.25) is 5.91 Å². The smallest absolute Gasteiger partial charge is 0.220 e. The van der Waals surface area contributed by atoms with Gasteiger partial charge in [0.25, 0.3) is 0 Å². The zero-order valence-electron chi connectivity index (χ0n) is 11.9. The molecular weight excluding hydrogens is 224 g/mol. The van der Waals surface area contributed by atoms with Gasteiger partial charge < -0.3 is 10.2 Å². The second kappa shape index (κ2) is 7.17. The molecule has 1 aromatic carbocycles. The predicted octanol–water partition coefficient (Wildman–Crippen LogP) is 1.91. The van der Waals surface area contributed by atoms with E-state index < -0.39 is 0 Å². The molecule has 3 nitrogen and oxygen atoms in total. The first-order valence-electron chi connectivity index (χ1n) is 6.46. The molecule has 0 saturated carbocycles. The highest BCUT2D eigenvalue weighted by Crippen LogP contribution is 2.11. The Morgan fingerprint density at radius 1 is 1.22 bits per heavy atom. The number of hydrogen-bond acceptors (Lipinski definition) is 2. The van der Waals surface area contributed by atoms with E-state index >= 15 is 0 Å². The number of aryl methyl sites for hydroxylation is 3. The molecule has 0 aliphatic rings. The first-order chi connectivity index (χ1) is 8.49. The lowest BCUT2D eigenvalue weighted by atomic mass is 10.0. The number of carbonyl (C=O) groups excluding carboxylic acids is 1. The molecule has 0 aromatic heterocycles. The van der Waals surface area contributed by atoms with Crippen LogP contribution in [0.2, 0.25) is 0 Å². The summed E-state index contributed by atoms with van der Waals surface area (Å²) in [6.07, 6.45) is 1.38. The Labute approximate surface area is 110 Å². The van der Waals surface area contributed by atoms with Crippen molar-refractivity contribution in [2.45, 2.75) is 26.7 Å². The minimum atomic E-state index is 0.134. The van der Waals surface area contributed by atoms with E-state index in [9.17, 15) is 4.79 Å². The fourth-order valence-electron chi connectivity index (χ4n) is 1.72. The molecule has 18 heavy (non-hydrogen) atoms. The van der Waals surface area contributed by atoms with Gasteiger partial charge in [-0.2, -0.15) is 0 Å². The van der Waals surface area contributed by atoms with Crippen LogP contribution in [0.3, 0.4) is 0 Å². The van der Waals surface area contributed by atoms with Crippen molar-refractivity contribution in [1.82, 2.24) is 10.2 Å². The lowest BCUT2D eigenvalue weighted by Crippen LogP contribution is -2.31. The van der Waals surface area contributed by atoms with Crippen LogP contribution in [-0.4, -0.2) is 38.0 Å². The summed E-state index contributed by atoms with van der Waals surface area (Å²) in [7, 11) is 4.00. The number of likely N-dealkylation sites (N-methyl/N-ethyl adjacent to an activating group) is 1. The van der Waals surface area contributed by atoms with E-state index in [1.807, 2.05) is 14.1 Å². The van der Waals surface area contributed by atoms with Crippen molar-refractivity contribution in [3.63, 3.8) is 0 Å². The summed E-state index contributed by atoms with van der Waals surface area (Å²) in [5.74, 6) is 0.134. The first kappa shape index (κ1) is 14.7. The van der Waals surface area contributed by atoms with Crippen molar-refractivity contribution in [3.05, 3.63) is 34.9 Å². The van der Waals surface area contributed by atoms with Gasteiger partial charge in [-0.15, -0.1) is 0 Å². The van der Waals surface area contributed by atoms with E-state index in [2.05, 4.69) is 42.3 Å². The van der Waals surface area contributed by atoms with Crippen molar-refractivity contribution in [2.75, 3.05) is 27.2 Å². The SMILES string of the molecule is Cc1ccc(CCC(=O)NCCN(C)C)cc1C. The average molecular weight is 248 g/mol. The molecule has 0 atom stereocenters. The Morgan fingerprint density at radius 2 is 1.94 bits per heavy atom. The fraction of sp³-hybridized carbons (Fsp3) is 0.533. The fourth-order valence-corrected chi connectivity index (χ4v) is 1.72. The quantitative estimate of drug-likeness (QED) is 0.834. The summed E-state index contributed by atoms with van der Waals surface area (Å²) >= 11 is 0. The van der Waals surface area contributed by atoms with Crippen LogP contribution in [-0.2, 0) is 11.2 Å². The molecule has 100 valence electrons. The highest BCUT2D eigenvalue weighted by atomic mass is 16.1. The summed E-state index contributed by atoms with van der Waals surface area (Å²) in [4.78, 5) is 13.7. The van der Waals surface area contributed by atoms with Gasteiger partial charge in [0.05, 0.1) is 0 Å². The zero-order valence-corrected chi connectivity index (χ0v) is 11.9. The van der Waals surface area contributed by atoms with Gasteiger partial charge in [-0.3, -0.25) is 4.79 Å². The molecule has 0 heterocycles. The molecule has 0 radical (unpaired) electrons. The van der Waals surface area contributed by atoms with Crippen molar-refractivity contribution < 1.29 is 4.79 Å². The van der Waals surface area contributed by atoms with Gasteiger partial charge in [-0.05, 0) is 51.1 Å². The van der Waals surface area contributed by atoms with Gasteiger partial charge in [-0.1, -0.05) is 18.2 Å². The van der Waals surface area contributed by atoms with Crippen LogP contribution < -0.4 is 5.32 Å². The lowest BCUT2D eigenvalue weighted by Gasteiger charge is -2.10. The molecule has 0 fully saturated rings. The van der Waals surface area contributed by atoms with Crippen molar-refractivity contribution in [1.29, 1.82) is 0 Å². The molecule has 0 aliphatic heterocycles. The third-order valence-electron chi connectivity index (χ3n) is 3.09.